The quantitative estimate of drug-likeness (QED) is 0.786. The van der Waals surface area contributed by atoms with Gasteiger partial charge in [0.15, 0.2) is 0 Å². The van der Waals surface area contributed by atoms with Crippen LogP contribution in [0.5, 0.6) is 0 Å². The molecule has 0 aromatic heterocycles. The van der Waals surface area contributed by atoms with Crippen LogP contribution in [0.15, 0.2) is 18.2 Å². The highest BCUT2D eigenvalue weighted by Gasteiger charge is 2.39. The van der Waals surface area contributed by atoms with E-state index in [0.29, 0.717) is 6.07 Å². The number of alkyl halides is 6. The van der Waals surface area contributed by atoms with Gasteiger partial charge in [-0.15, -0.1) is 0 Å². The predicted octanol–water partition coefficient (Wildman–Crippen LogP) is 3.08. The van der Waals surface area contributed by atoms with Gasteiger partial charge in [-0.3, -0.25) is 10.1 Å². The fraction of sp³-hybridized carbons (Fsp3) is 0.467. The van der Waals surface area contributed by atoms with Crippen LogP contribution in [-0.4, -0.2) is 25.7 Å². The molecule has 0 aliphatic carbocycles. The number of carbonyl (C=O) groups excluding carboxylic acids is 1. The van der Waals surface area contributed by atoms with E-state index in [2.05, 4.69) is 10.6 Å². The Morgan fingerprint density at radius 2 is 1.80 bits per heavy atom. The maximum Gasteiger partial charge on any atom is 0.417 e. The molecule has 1 rings (SSSR count). The molecule has 1 aromatic carbocycles. The molecule has 0 fully saturated rings. The van der Waals surface area contributed by atoms with Crippen molar-refractivity contribution in [3.63, 3.8) is 0 Å². The minimum atomic E-state index is -4.85. The van der Waals surface area contributed by atoms with Crippen molar-refractivity contribution in [1.29, 1.82) is 5.26 Å². The number of nitriles is 1. The summed E-state index contributed by atoms with van der Waals surface area (Å²) in [5.41, 5.74) is -3.96. The lowest BCUT2D eigenvalue weighted by Gasteiger charge is -2.30. The average molecular weight is 367 g/mol. The van der Waals surface area contributed by atoms with E-state index in [-0.39, 0.29) is 5.56 Å². The third-order valence-corrected chi connectivity index (χ3v) is 3.59. The number of halogens is 6. The molecular weight excluding hydrogens is 352 g/mol. The first-order chi connectivity index (χ1) is 11.3. The van der Waals surface area contributed by atoms with Crippen molar-refractivity contribution in [3.8, 4) is 6.07 Å². The van der Waals surface area contributed by atoms with Crippen molar-refractivity contribution in [3.05, 3.63) is 34.9 Å². The fourth-order valence-electron chi connectivity index (χ4n) is 2.20. The molecule has 0 aliphatic heterocycles. The number of nitrogens with zero attached hydrogens (tertiary/aromatic N) is 1. The molecule has 0 unspecified atom stereocenters. The summed E-state index contributed by atoms with van der Waals surface area (Å²) in [6.07, 6.45) is -10.6. The lowest BCUT2D eigenvalue weighted by Crippen LogP contribution is -2.52. The second-order valence-electron chi connectivity index (χ2n) is 5.37. The van der Waals surface area contributed by atoms with Crippen LogP contribution in [0.25, 0.3) is 0 Å². The minimum absolute atomic E-state index is 0.208. The number of amides is 1. The second-order valence-corrected chi connectivity index (χ2v) is 5.37. The Morgan fingerprint density at radius 1 is 1.20 bits per heavy atom. The third-order valence-electron chi connectivity index (χ3n) is 3.59. The highest BCUT2D eigenvalue weighted by Crippen LogP contribution is 2.35. The first kappa shape index (κ1) is 20.8. The molecule has 2 N–H and O–H groups in total. The Kier molecular flexibility index (Phi) is 6.07. The van der Waals surface area contributed by atoms with Crippen LogP contribution in [0.1, 0.15) is 30.0 Å². The molecule has 0 spiro atoms. The zero-order valence-corrected chi connectivity index (χ0v) is 13.3. The maximum absolute atomic E-state index is 13.1. The molecule has 0 radical (unpaired) electrons. The van der Waals surface area contributed by atoms with Crippen molar-refractivity contribution in [2.75, 3.05) is 13.6 Å². The van der Waals surface area contributed by atoms with E-state index in [1.807, 2.05) is 0 Å². The summed E-state index contributed by atoms with van der Waals surface area (Å²) < 4.78 is 76.2. The van der Waals surface area contributed by atoms with Gasteiger partial charge in [-0.1, -0.05) is 6.07 Å². The van der Waals surface area contributed by atoms with Crippen molar-refractivity contribution >= 4 is 5.91 Å². The second kappa shape index (κ2) is 7.31. The SMILES string of the molecule is CNC(=O)[C@](C)(NCCC(F)(F)F)c1ccc(C#N)c(C(F)(F)F)c1. The third kappa shape index (κ3) is 5.09. The summed E-state index contributed by atoms with van der Waals surface area (Å²) in [6.45, 7) is 0.499. The summed E-state index contributed by atoms with van der Waals surface area (Å²) in [5, 5.41) is 13.4. The van der Waals surface area contributed by atoms with E-state index in [9.17, 15) is 31.1 Å². The summed E-state index contributed by atoms with van der Waals surface area (Å²) in [6, 6.07) is 3.97. The summed E-state index contributed by atoms with van der Waals surface area (Å²) in [4.78, 5) is 12.1. The fourth-order valence-corrected chi connectivity index (χ4v) is 2.20. The van der Waals surface area contributed by atoms with Crippen molar-refractivity contribution in [2.45, 2.75) is 31.2 Å². The molecule has 0 bridgehead atoms. The van der Waals surface area contributed by atoms with E-state index in [1.165, 1.54) is 20.0 Å². The summed E-state index contributed by atoms with van der Waals surface area (Å²) in [7, 11) is 1.21. The zero-order chi connectivity index (χ0) is 19.5. The molecule has 138 valence electrons. The van der Waals surface area contributed by atoms with Gasteiger partial charge in [0.05, 0.1) is 23.6 Å². The topological polar surface area (TPSA) is 64.9 Å². The van der Waals surface area contributed by atoms with E-state index in [4.69, 9.17) is 5.26 Å². The van der Waals surface area contributed by atoms with Gasteiger partial charge < -0.3 is 5.32 Å². The van der Waals surface area contributed by atoms with Gasteiger partial charge in [0.25, 0.3) is 0 Å². The van der Waals surface area contributed by atoms with Gasteiger partial charge in [0, 0.05) is 13.6 Å². The van der Waals surface area contributed by atoms with E-state index in [1.54, 1.807) is 0 Å². The van der Waals surface area contributed by atoms with Gasteiger partial charge in [-0.05, 0) is 24.6 Å². The Morgan fingerprint density at radius 3 is 2.24 bits per heavy atom. The van der Waals surface area contributed by atoms with Crippen molar-refractivity contribution < 1.29 is 31.1 Å². The first-order valence-electron chi connectivity index (χ1n) is 7.01. The molecular formula is C15H15F6N3O. The molecule has 25 heavy (non-hydrogen) atoms. The molecule has 1 aromatic rings. The van der Waals surface area contributed by atoms with Crippen LogP contribution >= 0.6 is 0 Å². The molecule has 10 heteroatoms. The average Bonchev–Trinajstić information content (AvgIpc) is 2.51. The zero-order valence-electron chi connectivity index (χ0n) is 13.3. The molecule has 0 saturated heterocycles. The van der Waals surface area contributed by atoms with E-state index >= 15 is 0 Å². The minimum Gasteiger partial charge on any atom is -0.357 e. The standard InChI is InChI=1S/C15H15F6N3O/c1-13(12(25)23-2,24-6-5-14(16,17)18)10-4-3-9(8-22)11(7-10)15(19,20)21/h3-4,7,24H,5-6H2,1-2H3,(H,23,25)/t13-/m1/s1. The lowest BCUT2D eigenvalue weighted by molar-refractivity contribution is -0.138. The monoisotopic (exact) mass is 367 g/mol. The number of likely N-dealkylation sites (N-methyl/N-ethyl adjacent to an activating group) is 1. The van der Waals surface area contributed by atoms with Gasteiger partial charge in [0.2, 0.25) is 5.91 Å². The van der Waals surface area contributed by atoms with Crippen LogP contribution in [0, 0.1) is 11.3 Å². The Bertz CT molecular complexity index is 677. The summed E-state index contributed by atoms with van der Waals surface area (Å²) >= 11 is 0. The summed E-state index contributed by atoms with van der Waals surface area (Å²) in [5.74, 6) is -0.812. The van der Waals surface area contributed by atoms with E-state index < -0.39 is 47.9 Å². The Hall–Kier alpha value is -2.28. The number of hydrogen-bond acceptors (Lipinski definition) is 3. The number of benzene rings is 1. The molecule has 1 amide bonds. The number of nitrogens with one attached hydrogen (secondary N) is 2. The van der Waals surface area contributed by atoms with Gasteiger partial charge in [-0.2, -0.15) is 31.6 Å². The number of carbonyl (C=O) groups is 1. The molecule has 0 aliphatic rings. The molecule has 4 nitrogen and oxygen atoms in total. The molecule has 0 saturated carbocycles. The highest BCUT2D eigenvalue weighted by molar-refractivity contribution is 5.87. The molecule has 1 atom stereocenters. The smallest absolute Gasteiger partial charge is 0.357 e. The van der Waals surface area contributed by atoms with Gasteiger partial charge >= 0.3 is 12.4 Å². The van der Waals surface area contributed by atoms with Crippen LogP contribution < -0.4 is 10.6 Å². The first-order valence-corrected chi connectivity index (χ1v) is 7.01. The number of hydrogen-bond donors (Lipinski definition) is 2. The Labute approximate surface area is 139 Å². The van der Waals surface area contributed by atoms with Crippen LogP contribution in [0.4, 0.5) is 26.3 Å². The van der Waals surface area contributed by atoms with Crippen LogP contribution in [0.2, 0.25) is 0 Å². The Balaban J connectivity index is 3.32. The van der Waals surface area contributed by atoms with Crippen molar-refractivity contribution in [2.24, 2.45) is 0 Å². The van der Waals surface area contributed by atoms with Crippen molar-refractivity contribution in [1.82, 2.24) is 10.6 Å². The highest BCUT2D eigenvalue weighted by atomic mass is 19.4. The van der Waals surface area contributed by atoms with Gasteiger partial charge in [-0.25, -0.2) is 0 Å². The maximum atomic E-state index is 13.1. The molecule has 0 heterocycles. The normalized spacial score (nSPS) is 14.5. The lowest BCUT2D eigenvalue weighted by atomic mass is 9.88. The van der Waals surface area contributed by atoms with Gasteiger partial charge in [0.1, 0.15) is 5.54 Å². The predicted molar refractivity (Wildman–Crippen MR) is 76.3 cm³/mol. The van der Waals surface area contributed by atoms with E-state index in [0.717, 1.165) is 12.1 Å². The largest absolute Gasteiger partial charge is 0.417 e. The van der Waals surface area contributed by atoms with Crippen LogP contribution in [0.3, 0.4) is 0 Å². The number of rotatable bonds is 5. The van der Waals surface area contributed by atoms with Crippen LogP contribution in [-0.2, 0) is 16.5 Å².